The van der Waals surface area contributed by atoms with E-state index in [1.807, 2.05) is 18.2 Å². The van der Waals surface area contributed by atoms with E-state index < -0.39 is 0 Å². The van der Waals surface area contributed by atoms with Crippen molar-refractivity contribution in [3.63, 3.8) is 0 Å². The number of aromatic nitrogens is 3. The summed E-state index contributed by atoms with van der Waals surface area (Å²) >= 11 is 0. The summed E-state index contributed by atoms with van der Waals surface area (Å²) in [6.07, 6.45) is 0. The van der Waals surface area contributed by atoms with Crippen molar-refractivity contribution in [1.29, 1.82) is 0 Å². The first-order valence-corrected chi connectivity index (χ1v) is 20.4. The average molecular weight is 958 g/mol. The van der Waals surface area contributed by atoms with Crippen LogP contribution in [0.4, 0.5) is 17.1 Å². The van der Waals surface area contributed by atoms with Crippen LogP contribution in [0.25, 0.3) is 21.5 Å². The minimum Gasteiger partial charge on any atom is -0.334 e. The number of para-hydroxylation sites is 2. The molecule has 1 aliphatic heterocycles. The van der Waals surface area contributed by atoms with Gasteiger partial charge >= 0.3 is 20.1 Å². The quantitative estimate of drug-likeness (QED) is 0.156. The summed E-state index contributed by atoms with van der Waals surface area (Å²) < 4.78 is 0. The van der Waals surface area contributed by atoms with Crippen LogP contribution in [-0.4, -0.2) is 15.0 Å². The van der Waals surface area contributed by atoms with Crippen LogP contribution in [0.1, 0.15) is 68.6 Å². The van der Waals surface area contributed by atoms with Crippen molar-refractivity contribution in [2.24, 2.45) is 0 Å². The normalized spacial score (nSPS) is 15.6. The molecule has 0 saturated heterocycles. The van der Waals surface area contributed by atoms with Crippen LogP contribution in [0.2, 0.25) is 0 Å². The van der Waals surface area contributed by atoms with Gasteiger partial charge in [-0.25, -0.2) is 0 Å². The molecule has 0 N–H and O–H groups in total. The monoisotopic (exact) mass is 958 g/mol. The van der Waals surface area contributed by atoms with E-state index in [2.05, 4.69) is 211 Å². The number of anilines is 3. The molecule has 7 aromatic carbocycles. The van der Waals surface area contributed by atoms with Crippen LogP contribution in [0, 0.1) is 18.2 Å². The maximum atomic E-state index is 5.60. The molecule has 4 nitrogen and oxygen atoms in total. The van der Waals surface area contributed by atoms with Crippen molar-refractivity contribution in [3.05, 3.63) is 275 Å². The van der Waals surface area contributed by atoms with Crippen molar-refractivity contribution in [1.82, 2.24) is 15.0 Å². The third kappa shape index (κ3) is 7.12. The number of hydrogen-bond acceptors (Lipinski definition) is 4. The molecule has 10 aromatic rings. The maximum absolute atomic E-state index is 5.60. The Morgan fingerprint density at radius 2 is 0.738 bits per heavy atom. The van der Waals surface area contributed by atoms with Gasteiger partial charge < -0.3 is 4.90 Å². The number of pyridine rings is 3. The molecular weight excluding hydrogens is 921 g/mol. The van der Waals surface area contributed by atoms with Crippen molar-refractivity contribution < 1.29 is 20.1 Å². The molecule has 61 heavy (non-hydrogen) atoms. The summed E-state index contributed by atoms with van der Waals surface area (Å²) in [6.45, 7) is 0. The van der Waals surface area contributed by atoms with Gasteiger partial charge in [0.05, 0.1) is 34.2 Å². The number of hydrogen-bond donors (Lipinski definition) is 0. The van der Waals surface area contributed by atoms with Crippen LogP contribution in [0.3, 0.4) is 0 Å². The van der Waals surface area contributed by atoms with E-state index in [0.29, 0.717) is 0 Å². The fraction of sp³-hybridized carbons (Fsp3) is 0.0536. The standard InChI is InChI=1S/C56H37N4.Ir/c1-3-22-41(23-4-1)60(42-24-5-2-6-25-42)43-26-11-21-40(37-43)54-48-31-14-33-50(57-48)55(46-29-12-19-38-17-7-9-27-44(38)46)52-35-16-36-53(59-52)56(51-34-15-32-49(54)58-51)47-30-13-20-39-18-8-10-28-45(39)47;/h1-20,22-28,31-37,54-56H;/q-3;+3. The van der Waals surface area contributed by atoms with Gasteiger partial charge in [-0.15, -0.1) is 62.5 Å². The molecule has 4 heterocycles. The zero-order valence-corrected chi connectivity index (χ0v) is 35.4. The minimum absolute atomic E-state index is 0. The summed E-state index contributed by atoms with van der Waals surface area (Å²) in [5.74, 6) is -0.957. The minimum atomic E-state index is -0.349. The van der Waals surface area contributed by atoms with E-state index in [0.717, 1.165) is 89.5 Å². The van der Waals surface area contributed by atoms with Crippen LogP contribution in [0.15, 0.2) is 206 Å². The molecule has 0 aliphatic carbocycles. The maximum Gasteiger partial charge on any atom is 3.00 e. The molecule has 0 radical (unpaired) electrons. The third-order valence-corrected chi connectivity index (χ3v) is 11.6. The third-order valence-electron chi connectivity index (χ3n) is 11.6. The molecule has 2 atom stereocenters. The molecule has 0 spiro atoms. The second kappa shape index (κ2) is 16.5. The van der Waals surface area contributed by atoms with Gasteiger partial charge in [0.15, 0.2) is 0 Å². The Hall–Kier alpha value is -7.04. The van der Waals surface area contributed by atoms with E-state index in [9.17, 15) is 0 Å². The smallest absolute Gasteiger partial charge is 0.334 e. The van der Waals surface area contributed by atoms with E-state index in [1.54, 1.807) is 0 Å². The van der Waals surface area contributed by atoms with Crippen LogP contribution in [-0.2, 0) is 20.1 Å². The number of fused-ring (bicyclic) bond motifs is 8. The van der Waals surface area contributed by atoms with Crippen LogP contribution >= 0.6 is 0 Å². The second-order valence-electron chi connectivity index (χ2n) is 15.2. The average Bonchev–Trinajstić information content (AvgIpc) is 3.31. The SMILES string of the molecule is [Ir+3].[c-]1ccc(N(c2ccccc2)c2ccccc2)cc1C1c2cccc(n2)C(c2[c-]ccc3ccccc23)c2cccc(n2)C(c2[c-]ccc3ccccc23)c2cccc1n2. The van der Waals surface area contributed by atoms with Gasteiger partial charge in [0, 0.05) is 29.1 Å². The van der Waals surface area contributed by atoms with Gasteiger partial charge in [-0.2, -0.15) is 48.5 Å². The van der Waals surface area contributed by atoms with Crippen LogP contribution < -0.4 is 4.90 Å². The molecule has 290 valence electrons. The first-order valence-electron chi connectivity index (χ1n) is 20.4. The van der Waals surface area contributed by atoms with Gasteiger partial charge in [0.25, 0.3) is 0 Å². The molecule has 5 heteroatoms. The summed E-state index contributed by atoms with van der Waals surface area (Å²) in [6, 6.07) is 82.9. The van der Waals surface area contributed by atoms with Crippen molar-refractivity contribution in [2.75, 3.05) is 4.90 Å². The summed E-state index contributed by atoms with van der Waals surface area (Å²) in [7, 11) is 0. The Labute approximate surface area is 369 Å². The van der Waals surface area contributed by atoms with Gasteiger partial charge in [-0.1, -0.05) is 96.7 Å². The van der Waals surface area contributed by atoms with Gasteiger partial charge in [-0.05, 0) is 60.7 Å². The molecule has 2 unspecified atom stereocenters. The molecule has 0 fully saturated rings. The number of rotatable bonds is 6. The molecule has 0 amide bonds. The Morgan fingerprint density at radius 1 is 0.344 bits per heavy atom. The fourth-order valence-electron chi connectivity index (χ4n) is 8.97. The van der Waals surface area contributed by atoms with Gasteiger partial charge in [0.2, 0.25) is 0 Å². The van der Waals surface area contributed by atoms with Crippen molar-refractivity contribution >= 4 is 38.6 Å². The first kappa shape index (κ1) is 38.2. The van der Waals surface area contributed by atoms with Crippen molar-refractivity contribution in [3.8, 4) is 0 Å². The predicted molar refractivity (Wildman–Crippen MR) is 241 cm³/mol. The zero-order valence-electron chi connectivity index (χ0n) is 33.0. The molecule has 1 aliphatic rings. The summed E-state index contributed by atoms with van der Waals surface area (Å²) in [5.41, 5.74) is 11.5. The first-order chi connectivity index (χ1) is 29.8. The Balaban J connectivity index is 0.00000445. The molecule has 0 saturated carbocycles. The topological polar surface area (TPSA) is 41.9 Å². The number of nitrogens with zero attached hydrogens (tertiary/aromatic N) is 4. The van der Waals surface area contributed by atoms with Crippen LogP contribution in [0.5, 0.6) is 0 Å². The van der Waals surface area contributed by atoms with E-state index >= 15 is 0 Å². The fourth-order valence-corrected chi connectivity index (χ4v) is 8.97. The van der Waals surface area contributed by atoms with Gasteiger partial charge in [-0.3, -0.25) is 15.0 Å². The Morgan fingerprint density at radius 3 is 1.20 bits per heavy atom. The van der Waals surface area contributed by atoms with Crippen molar-refractivity contribution in [2.45, 2.75) is 17.8 Å². The molecular formula is C56H37IrN4. The second-order valence-corrected chi connectivity index (χ2v) is 15.2. The molecule has 11 rings (SSSR count). The van der Waals surface area contributed by atoms with E-state index in [-0.39, 0.29) is 37.9 Å². The molecule has 6 bridgehead atoms. The summed E-state index contributed by atoms with van der Waals surface area (Å²) in [5, 5.41) is 4.55. The predicted octanol–water partition coefficient (Wildman–Crippen LogP) is 12.9. The Bertz CT molecular complexity index is 2950. The Kier molecular flexibility index (Phi) is 10.4. The largest absolute Gasteiger partial charge is 3.00 e. The van der Waals surface area contributed by atoms with Gasteiger partial charge in [0.1, 0.15) is 0 Å². The van der Waals surface area contributed by atoms with E-state index in [1.165, 1.54) is 0 Å². The number of benzene rings is 7. The summed E-state index contributed by atoms with van der Waals surface area (Å²) in [4.78, 5) is 19.1. The zero-order chi connectivity index (χ0) is 39.8. The molecule has 3 aromatic heterocycles. The van der Waals surface area contributed by atoms with E-state index in [4.69, 9.17) is 15.0 Å².